The van der Waals surface area contributed by atoms with Crippen molar-refractivity contribution in [2.24, 2.45) is 0 Å². The molecule has 1 aromatic heterocycles. The lowest BCUT2D eigenvalue weighted by atomic mass is 10.2. The van der Waals surface area contributed by atoms with Crippen LogP contribution in [0.1, 0.15) is 10.6 Å². The monoisotopic (exact) mass is 332 g/mol. The second-order valence-corrected chi connectivity index (χ2v) is 6.76. The third kappa shape index (κ3) is 3.40. The zero-order valence-corrected chi connectivity index (χ0v) is 14.1. The summed E-state index contributed by atoms with van der Waals surface area (Å²) >= 11 is 7.83. The Balaban J connectivity index is 1.74. The topological polar surface area (TPSA) is 25.4 Å². The summed E-state index contributed by atoms with van der Waals surface area (Å²) in [7, 11) is 3.76. The number of hydrogen-bond acceptors (Lipinski definition) is 4. The number of para-hydroxylation sites is 1. The first-order chi connectivity index (χ1) is 10.7. The predicted molar refractivity (Wildman–Crippen MR) is 92.8 cm³/mol. The van der Waals surface area contributed by atoms with E-state index in [2.05, 4.69) is 29.1 Å². The first-order valence-electron chi connectivity index (χ1n) is 7.01. The maximum atomic E-state index is 6.09. The van der Waals surface area contributed by atoms with Crippen LogP contribution in [0.3, 0.4) is 0 Å². The minimum atomic E-state index is 0.726. The van der Waals surface area contributed by atoms with Crippen LogP contribution >= 0.6 is 22.9 Å². The number of ether oxygens (including phenoxy) is 1. The van der Waals surface area contributed by atoms with Gasteiger partial charge in [0.15, 0.2) is 0 Å². The Morgan fingerprint density at radius 1 is 1.18 bits per heavy atom. The molecule has 3 nitrogen and oxygen atoms in total. The molecule has 0 radical (unpaired) electrons. The molecule has 5 heteroatoms. The molecule has 0 amide bonds. The molecule has 0 atom stereocenters. The van der Waals surface area contributed by atoms with Gasteiger partial charge in [-0.1, -0.05) is 23.7 Å². The molecule has 114 valence electrons. The van der Waals surface area contributed by atoms with Gasteiger partial charge in [0.2, 0.25) is 0 Å². The highest BCUT2D eigenvalue weighted by atomic mass is 35.5. The van der Waals surface area contributed by atoms with Gasteiger partial charge in [-0.3, -0.25) is 4.90 Å². The molecule has 0 N–H and O–H groups in total. The van der Waals surface area contributed by atoms with Gasteiger partial charge in [-0.05, 0) is 37.4 Å². The Labute approximate surface area is 139 Å². The summed E-state index contributed by atoms with van der Waals surface area (Å²) in [5.41, 5.74) is 2.15. The molecule has 0 aliphatic carbocycles. The van der Waals surface area contributed by atoms with E-state index in [1.165, 1.54) is 4.70 Å². The number of thiazole rings is 1. The summed E-state index contributed by atoms with van der Waals surface area (Å²) < 4.78 is 6.63. The molecule has 0 spiro atoms. The second kappa shape index (κ2) is 6.65. The van der Waals surface area contributed by atoms with E-state index in [9.17, 15) is 0 Å². The number of methoxy groups -OCH3 is 1. The normalized spacial score (nSPS) is 11.3. The fourth-order valence-corrected chi connectivity index (χ4v) is 3.68. The molecular weight excluding hydrogens is 316 g/mol. The molecule has 0 aliphatic heterocycles. The predicted octanol–water partition coefficient (Wildman–Crippen LogP) is 4.59. The first-order valence-corrected chi connectivity index (χ1v) is 8.20. The molecule has 2 aromatic carbocycles. The number of fused-ring (bicyclic) bond motifs is 1. The van der Waals surface area contributed by atoms with Crippen molar-refractivity contribution in [3.63, 3.8) is 0 Å². The van der Waals surface area contributed by atoms with Gasteiger partial charge >= 0.3 is 0 Å². The molecule has 0 bridgehead atoms. The summed E-state index contributed by atoms with van der Waals surface area (Å²) in [5.74, 6) is 0.862. The average molecular weight is 333 g/mol. The number of aromatic nitrogens is 1. The summed E-state index contributed by atoms with van der Waals surface area (Å²) in [6.45, 7) is 1.56. The minimum absolute atomic E-state index is 0.726. The maximum Gasteiger partial charge on any atom is 0.123 e. The third-order valence-electron chi connectivity index (χ3n) is 3.43. The van der Waals surface area contributed by atoms with Crippen LogP contribution in [0.15, 0.2) is 42.5 Å². The van der Waals surface area contributed by atoms with Gasteiger partial charge < -0.3 is 4.74 Å². The van der Waals surface area contributed by atoms with Crippen LogP contribution in [0.2, 0.25) is 5.02 Å². The summed E-state index contributed by atoms with van der Waals surface area (Å²) in [4.78, 5) is 6.89. The Hall–Kier alpha value is -1.62. The van der Waals surface area contributed by atoms with Crippen LogP contribution in [0.5, 0.6) is 5.75 Å². The standard InChI is InChI=1S/C17H17ClN2OS/c1-20(10-12-9-13(18)7-8-15(12)21-2)11-17-19-14-5-3-4-6-16(14)22-17/h3-9H,10-11H2,1-2H3. The minimum Gasteiger partial charge on any atom is -0.496 e. The Morgan fingerprint density at radius 2 is 2.00 bits per heavy atom. The zero-order valence-electron chi connectivity index (χ0n) is 12.5. The van der Waals surface area contributed by atoms with Crippen molar-refractivity contribution in [3.8, 4) is 5.75 Å². The van der Waals surface area contributed by atoms with E-state index < -0.39 is 0 Å². The van der Waals surface area contributed by atoms with E-state index in [1.807, 2.05) is 30.3 Å². The maximum absolute atomic E-state index is 6.09. The lowest BCUT2D eigenvalue weighted by molar-refractivity contribution is 0.310. The molecule has 1 heterocycles. The first kappa shape index (κ1) is 15.3. The quantitative estimate of drug-likeness (QED) is 0.683. The average Bonchev–Trinajstić information content (AvgIpc) is 2.89. The highest BCUT2D eigenvalue weighted by Gasteiger charge is 2.10. The number of hydrogen-bond donors (Lipinski definition) is 0. The van der Waals surface area contributed by atoms with Crippen molar-refractivity contribution >= 4 is 33.2 Å². The van der Waals surface area contributed by atoms with Crippen LogP contribution < -0.4 is 4.74 Å². The van der Waals surface area contributed by atoms with Crippen LogP contribution in [-0.4, -0.2) is 24.0 Å². The van der Waals surface area contributed by atoms with Crippen molar-refractivity contribution < 1.29 is 4.74 Å². The second-order valence-electron chi connectivity index (χ2n) is 5.20. The van der Waals surface area contributed by atoms with Gasteiger partial charge in [0, 0.05) is 17.1 Å². The van der Waals surface area contributed by atoms with E-state index >= 15 is 0 Å². The van der Waals surface area contributed by atoms with Crippen molar-refractivity contribution in [2.75, 3.05) is 14.2 Å². The van der Waals surface area contributed by atoms with E-state index in [0.29, 0.717) is 0 Å². The lowest BCUT2D eigenvalue weighted by Gasteiger charge is -2.17. The Bertz CT molecular complexity index is 754. The molecule has 0 fully saturated rings. The summed E-state index contributed by atoms with van der Waals surface area (Å²) in [6.07, 6.45) is 0. The van der Waals surface area contributed by atoms with Gasteiger partial charge in [-0.25, -0.2) is 4.98 Å². The van der Waals surface area contributed by atoms with E-state index in [1.54, 1.807) is 18.4 Å². The van der Waals surface area contributed by atoms with Crippen LogP contribution in [-0.2, 0) is 13.1 Å². The largest absolute Gasteiger partial charge is 0.496 e. The number of halogens is 1. The fourth-order valence-electron chi connectivity index (χ4n) is 2.44. The van der Waals surface area contributed by atoms with Crippen molar-refractivity contribution in [1.82, 2.24) is 9.88 Å². The number of benzene rings is 2. The number of rotatable bonds is 5. The molecular formula is C17H17ClN2OS. The van der Waals surface area contributed by atoms with Crippen LogP contribution in [0, 0.1) is 0 Å². The SMILES string of the molecule is COc1ccc(Cl)cc1CN(C)Cc1nc2ccccc2s1. The van der Waals surface area contributed by atoms with Crippen molar-refractivity contribution in [1.29, 1.82) is 0 Å². The highest BCUT2D eigenvalue weighted by molar-refractivity contribution is 7.18. The van der Waals surface area contributed by atoms with Crippen molar-refractivity contribution in [2.45, 2.75) is 13.1 Å². The van der Waals surface area contributed by atoms with E-state index in [0.717, 1.165) is 39.9 Å². The molecule has 22 heavy (non-hydrogen) atoms. The Morgan fingerprint density at radius 3 is 2.77 bits per heavy atom. The highest BCUT2D eigenvalue weighted by Crippen LogP contribution is 2.26. The lowest BCUT2D eigenvalue weighted by Crippen LogP contribution is -2.17. The third-order valence-corrected chi connectivity index (χ3v) is 4.68. The molecule has 3 rings (SSSR count). The van der Waals surface area contributed by atoms with Crippen LogP contribution in [0.25, 0.3) is 10.2 Å². The fraction of sp³-hybridized carbons (Fsp3) is 0.235. The smallest absolute Gasteiger partial charge is 0.123 e. The molecule has 0 unspecified atom stereocenters. The molecule has 3 aromatic rings. The van der Waals surface area contributed by atoms with Gasteiger partial charge in [0.05, 0.1) is 23.9 Å². The Kier molecular flexibility index (Phi) is 4.62. The van der Waals surface area contributed by atoms with Gasteiger partial charge in [-0.2, -0.15) is 0 Å². The van der Waals surface area contributed by atoms with Crippen LogP contribution in [0.4, 0.5) is 0 Å². The zero-order chi connectivity index (χ0) is 15.5. The number of nitrogens with zero attached hydrogens (tertiary/aromatic N) is 2. The van der Waals surface area contributed by atoms with E-state index in [-0.39, 0.29) is 0 Å². The summed E-state index contributed by atoms with van der Waals surface area (Å²) in [6, 6.07) is 13.9. The van der Waals surface area contributed by atoms with Gasteiger partial charge in [0.25, 0.3) is 0 Å². The molecule has 0 aliphatic rings. The van der Waals surface area contributed by atoms with Gasteiger partial charge in [-0.15, -0.1) is 11.3 Å². The summed E-state index contributed by atoms with van der Waals surface area (Å²) in [5, 5.41) is 1.84. The molecule has 0 saturated carbocycles. The van der Waals surface area contributed by atoms with Gasteiger partial charge in [0.1, 0.15) is 10.8 Å². The van der Waals surface area contributed by atoms with E-state index in [4.69, 9.17) is 16.3 Å². The molecule has 0 saturated heterocycles. The van der Waals surface area contributed by atoms with Crippen molar-refractivity contribution in [3.05, 3.63) is 58.1 Å².